The quantitative estimate of drug-likeness (QED) is 0.680. The van der Waals surface area contributed by atoms with Gasteiger partial charge in [0.2, 0.25) is 0 Å². The Kier molecular flexibility index (Phi) is 6.37. The molecule has 0 spiro atoms. The molecule has 1 aromatic carbocycles. The highest BCUT2D eigenvalue weighted by atomic mass is 16.5. The molecule has 1 heterocycles. The molecule has 0 fully saturated rings. The van der Waals surface area contributed by atoms with Crippen LogP contribution >= 0.6 is 0 Å². The number of hydrogen-bond donors (Lipinski definition) is 0. The van der Waals surface area contributed by atoms with Gasteiger partial charge in [0.05, 0.1) is 12.2 Å². The molecule has 1 aliphatic heterocycles. The van der Waals surface area contributed by atoms with Gasteiger partial charge in [-0.05, 0) is 42.5 Å². The van der Waals surface area contributed by atoms with Crippen molar-refractivity contribution in [2.75, 3.05) is 38.3 Å². The van der Waals surface area contributed by atoms with Gasteiger partial charge in [-0.3, -0.25) is 0 Å². The largest absolute Gasteiger partial charge is 0.490 e. The highest BCUT2D eigenvalue weighted by Crippen LogP contribution is 2.35. The van der Waals surface area contributed by atoms with E-state index in [9.17, 15) is 0 Å². The maximum absolute atomic E-state index is 5.91. The number of benzene rings is 1. The van der Waals surface area contributed by atoms with Crippen LogP contribution in [0.4, 0.5) is 5.69 Å². The summed E-state index contributed by atoms with van der Waals surface area (Å²) in [6.45, 7) is 8.13. The standard InChI is InChI=1S/C18H29NO2/c1-4-7-15-13-17-18(14-16(15)8-5-2)21-12-10-19(17)9-6-11-20-3/h13-14H,4-12H2,1-3H3. The number of methoxy groups -OCH3 is 1. The normalized spacial score (nSPS) is 14.0. The third-order valence-electron chi connectivity index (χ3n) is 4.06. The van der Waals surface area contributed by atoms with Crippen LogP contribution in [0.25, 0.3) is 0 Å². The molecule has 3 nitrogen and oxygen atoms in total. The first-order chi connectivity index (χ1) is 10.3. The predicted octanol–water partition coefficient (Wildman–Crippen LogP) is 3.83. The summed E-state index contributed by atoms with van der Waals surface area (Å²) in [4.78, 5) is 2.45. The molecule has 0 atom stereocenters. The van der Waals surface area contributed by atoms with Crippen LogP contribution in [-0.2, 0) is 17.6 Å². The van der Waals surface area contributed by atoms with E-state index < -0.39 is 0 Å². The zero-order valence-corrected chi connectivity index (χ0v) is 13.8. The molecule has 0 radical (unpaired) electrons. The van der Waals surface area contributed by atoms with Gasteiger partial charge in [0.1, 0.15) is 12.4 Å². The maximum atomic E-state index is 5.91. The summed E-state index contributed by atoms with van der Waals surface area (Å²) >= 11 is 0. The molecule has 0 unspecified atom stereocenters. The first-order valence-corrected chi connectivity index (χ1v) is 8.32. The van der Waals surface area contributed by atoms with Gasteiger partial charge in [0.25, 0.3) is 0 Å². The van der Waals surface area contributed by atoms with Crippen LogP contribution in [0.1, 0.15) is 44.2 Å². The van der Waals surface area contributed by atoms with Gasteiger partial charge < -0.3 is 14.4 Å². The Morgan fingerprint density at radius 2 is 1.86 bits per heavy atom. The molecule has 0 aliphatic carbocycles. The van der Waals surface area contributed by atoms with E-state index in [1.54, 1.807) is 7.11 Å². The zero-order valence-electron chi connectivity index (χ0n) is 13.8. The monoisotopic (exact) mass is 291 g/mol. The van der Waals surface area contributed by atoms with Crippen molar-refractivity contribution in [3.63, 3.8) is 0 Å². The number of nitrogens with zero attached hydrogens (tertiary/aromatic N) is 1. The molecule has 3 heteroatoms. The Morgan fingerprint density at radius 1 is 1.14 bits per heavy atom. The summed E-state index contributed by atoms with van der Waals surface area (Å²) in [6.07, 6.45) is 5.76. The summed E-state index contributed by atoms with van der Waals surface area (Å²) in [5.41, 5.74) is 4.25. The van der Waals surface area contributed by atoms with Crippen molar-refractivity contribution in [1.29, 1.82) is 0 Å². The van der Waals surface area contributed by atoms with Crippen LogP contribution in [0.5, 0.6) is 5.75 Å². The highest BCUT2D eigenvalue weighted by Gasteiger charge is 2.20. The molecule has 1 aliphatic rings. The summed E-state index contributed by atoms with van der Waals surface area (Å²) in [6, 6.07) is 4.65. The van der Waals surface area contributed by atoms with Gasteiger partial charge in [-0.2, -0.15) is 0 Å². The van der Waals surface area contributed by atoms with Crippen molar-refractivity contribution in [2.45, 2.75) is 46.0 Å². The Bertz CT molecular complexity index is 445. The molecule has 2 rings (SSSR count). The van der Waals surface area contributed by atoms with E-state index >= 15 is 0 Å². The van der Waals surface area contributed by atoms with Crippen molar-refractivity contribution in [3.05, 3.63) is 23.3 Å². The van der Waals surface area contributed by atoms with Gasteiger partial charge in [0, 0.05) is 20.3 Å². The molecular formula is C18H29NO2. The summed E-state index contributed by atoms with van der Waals surface area (Å²) in [7, 11) is 1.77. The highest BCUT2D eigenvalue weighted by molar-refractivity contribution is 5.63. The van der Waals surface area contributed by atoms with Crippen molar-refractivity contribution in [1.82, 2.24) is 0 Å². The number of rotatable bonds is 8. The van der Waals surface area contributed by atoms with Crippen LogP contribution in [0.2, 0.25) is 0 Å². The fraction of sp³-hybridized carbons (Fsp3) is 0.667. The van der Waals surface area contributed by atoms with Gasteiger partial charge in [-0.15, -0.1) is 0 Å². The van der Waals surface area contributed by atoms with Crippen LogP contribution < -0.4 is 9.64 Å². The summed E-state index contributed by atoms with van der Waals surface area (Å²) < 4.78 is 11.1. The summed E-state index contributed by atoms with van der Waals surface area (Å²) in [5.74, 6) is 1.07. The van der Waals surface area contributed by atoms with E-state index in [1.165, 1.54) is 29.7 Å². The minimum atomic E-state index is 0.790. The molecule has 0 N–H and O–H groups in total. The Labute approximate surface area is 129 Å². The lowest BCUT2D eigenvalue weighted by atomic mass is 9.97. The van der Waals surface area contributed by atoms with Crippen molar-refractivity contribution >= 4 is 5.69 Å². The Hall–Kier alpha value is -1.22. The molecule has 0 amide bonds. The van der Waals surface area contributed by atoms with Crippen molar-refractivity contribution in [2.24, 2.45) is 0 Å². The molecule has 1 aromatic rings. The third-order valence-corrected chi connectivity index (χ3v) is 4.06. The smallest absolute Gasteiger partial charge is 0.142 e. The Balaban J connectivity index is 2.23. The summed E-state index contributed by atoms with van der Waals surface area (Å²) in [5, 5.41) is 0. The van der Waals surface area contributed by atoms with Crippen LogP contribution in [0.3, 0.4) is 0 Å². The van der Waals surface area contributed by atoms with E-state index in [2.05, 4.69) is 30.9 Å². The fourth-order valence-corrected chi connectivity index (χ4v) is 3.04. The zero-order chi connectivity index (χ0) is 15.1. The van der Waals surface area contributed by atoms with E-state index in [4.69, 9.17) is 9.47 Å². The number of fused-ring (bicyclic) bond motifs is 1. The van der Waals surface area contributed by atoms with E-state index in [1.807, 2.05) is 0 Å². The SMILES string of the molecule is CCCc1cc2c(cc1CCC)N(CCCOC)CCO2. The second kappa shape index (κ2) is 8.28. The first kappa shape index (κ1) is 16.2. The van der Waals surface area contributed by atoms with Crippen molar-refractivity contribution < 1.29 is 9.47 Å². The molecule has 0 saturated heterocycles. The third kappa shape index (κ3) is 4.13. The number of anilines is 1. The minimum absolute atomic E-state index is 0.790. The van der Waals surface area contributed by atoms with Crippen LogP contribution in [-0.4, -0.2) is 33.4 Å². The van der Waals surface area contributed by atoms with Crippen LogP contribution in [0, 0.1) is 0 Å². The van der Waals surface area contributed by atoms with Gasteiger partial charge in [-0.1, -0.05) is 26.7 Å². The first-order valence-electron chi connectivity index (χ1n) is 8.32. The topological polar surface area (TPSA) is 21.7 Å². The number of hydrogen-bond acceptors (Lipinski definition) is 3. The van der Waals surface area contributed by atoms with Crippen LogP contribution in [0.15, 0.2) is 12.1 Å². The molecule has 118 valence electrons. The van der Waals surface area contributed by atoms with Gasteiger partial charge in [0.15, 0.2) is 0 Å². The second-order valence-corrected chi connectivity index (χ2v) is 5.77. The van der Waals surface area contributed by atoms with Crippen molar-refractivity contribution in [3.8, 4) is 5.75 Å². The maximum Gasteiger partial charge on any atom is 0.142 e. The number of aryl methyl sites for hydroxylation is 2. The lowest BCUT2D eigenvalue weighted by Crippen LogP contribution is -2.34. The molecular weight excluding hydrogens is 262 g/mol. The lowest BCUT2D eigenvalue weighted by Gasteiger charge is -2.32. The average Bonchev–Trinajstić information content (AvgIpc) is 2.49. The molecule has 21 heavy (non-hydrogen) atoms. The average molecular weight is 291 g/mol. The molecule has 0 aromatic heterocycles. The second-order valence-electron chi connectivity index (χ2n) is 5.77. The lowest BCUT2D eigenvalue weighted by molar-refractivity contribution is 0.195. The predicted molar refractivity (Wildman–Crippen MR) is 88.6 cm³/mol. The fourth-order valence-electron chi connectivity index (χ4n) is 3.04. The molecule has 0 bridgehead atoms. The van der Waals surface area contributed by atoms with Gasteiger partial charge in [-0.25, -0.2) is 0 Å². The van der Waals surface area contributed by atoms with E-state index in [-0.39, 0.29) is 0 Å². The minimum Gasteiger partial charge on any atom is -0.490 e. The van der Waals surface area contributed by atoms with Gasteiger partial charge >= 0.3 is 0 Å². The number of ether oxygens (including phenoxy) is 2. The van der Waals surface area contributed by atoms with E-state index in [0.717, 1.165) is 51.3 Å². The Morgan fingerprint density at radius 3 is 2.52 bits per heavy atom. The van der Waals surface area contributed by atoms with E-state index in [0.29, 0.717) is 0 Å². The molecule has 0 saturated carbocycles.